The number of amides is 1. The highest BCUT2D eigenvalue weighted by Gasteiger charge is 2.25. The highest BCUT2D eigenvalue weighted by Crippen LogP contribution is 2.33. The summed E-state index contributed by atoms with van der Waals surface area (Å²) in [5.41, 5.74) is 7.10. The number of benzene rings is 2. The molecule has 0 heterocycles. The van der Waals surface area contributed by atoms with Gasteiger partial charge in [-0.05, 0) is 42.0 Å². The molecule has 0 spiro atoms. The summed E-state index contributed by atoms with van der Waals surface area (Å²) in [6, 6.07) is 14.5. The Bertz CT molecular complexity index is 842. The van der Waals surface area contributed by atoms with Crippen molar-refractivity contribution < 1.29 is 13.2 Å². The van der Waals surface area contributed by atoms with Crippen LogP contribution in [0.5, 0.6) is 0 Å². The second-order valence-electron chi connectivity index (χ2n) is 6.77. The molecular weight excluding hydrogens is 348 g/mol. The van der Waals surface area contributed by atoms with Gasteiger partial charge in [-0.15, -0.1) is 0 Å². The van der Waals surface area contributed by atoms with E-state index in [2.05, 4.69) is 4.72 Å². The van der Waals surface area contributed by atoms with E-state index in [0.717, 1.165) is 12.8 Å². The monoisotopic (exact) mass is 372 g/mol. The molecule has 0 aliphatic heterocycles. The van der Waals surface area contributed by atoms with Crippen LogP contribution in [0.2, 0.25) is 0 Å². The molecular formula is C20H24N2O3S. The summed E-state index contributed by atoms with van der Waals surface area (Å²) in [5.74, 6) is -0.227. The van der Waals surface area contributed by atoms with Gasteiger partial charge in [0.15, 0.2) is 0 Å². The first-order chi connectivity index (χ1) is 12.5. The van der Waals surface area contributed by atoms with Crippen LogP contribution in [0.15, 0.2) is 59.5 Å². The molecule has 138 valence electrons. The molecule has 3 N–H and O–H groups in total. The van der Waals surface area contributed by atoms with Crippen LogP contribution in [0.4, 0.5) is 0 Å². The fourth-order valence-corrected chi connectivity index (χ4v) is 4.71. The molecule has 1 saturated carbocycles. The summed E-state index contributed by atoms with van der Waals surface area (Å²) < 4.78 is 27.8. The van der Waals surface area contributed by atoms with Gasteiger partial charge in [-0.3, -0.25) is 4.79 Å². The van der Waals surface area contributed by atoms with E-state index in [-0.39, 0.29) is 4.90 Å². The predicted molar refractivity (Wildman–Crippen MR) is 101 cm³/mol. The third kappa shape index (κ3) is 4.31. The number of carbonyl (C=O) groups excluding carboxylic acids is 1. The molecule has 0 bridgehead atoms. The van der Waals surface area contributed by atoms with E-state index < -0.39 is 22.0 Å². The van der Waals surface area contributed by atoms with E-state index in [1.165, 1.54) is 24.8 Å². The predicted octanol–water partition coefficient (Wildman–Crippen LogP) is 3.24. The van der Waals surface area contributed by atoms with E-state index in [1.807, 2.05) is 12.1 Å². The van der Waals surface area contributed by atoms with Crippen LogP contribution >= 0.6 is 0 Å². The molecule has 6 heteroatoms. The van der Waals surface area contributed by atoms with Crippen molar-refractivity contribution in [3.8, 4) is 0 Å². The molecule has 26 heavy (non-hydrogen) atoms. The van der Waals surface area contributed by atoms with Gasteiger partial charge in [0, 0.05) is 0 Å². The molecule has 0 radical (unpaired) electrons. The average molecular weight is 372 g/mol. The second-order valence-corrected chi connectivity index (χ2v) is 8.49. The van der Waals surface area contributed by atoms with Crippen molar-refractivity contribution in [3.05, 3.63) is 65.7 Å². The molecule has 2 aromatic carbocycles. The first-order valence-corrected chi connectivity index (χ1v) is 10.4. The fraction of sp³-hybridized carbons (Fsp3) is 0.350. The molecule has 5 nitrogen and oxygen atoms in total. The Morgan fingerprint density at radius 3 is 2.15 bits per heavy atom. The summed E-state index contributed by atoms with van der Waals surface area (Å²) in [6.45, 7) is 0. The Labute approximate surface area is 154 Å². The van der Waals surface area contributed by atoms with Crippen LogP contribution < -0.4 is 10.5 Å². The van der Waals surface area contributed by atoms with Crippen molar-refractivity contribution in [1.82, 2.24) is 4.72 Å². The molecule has 0 saturated heterocycles. The number of sulfonamides is 1. The minimum atomic E-state index is -3.85. The lowest BCUT2D eigenvalue weighted by molar-refractivity contribution is -0.119. The molecule has 1 amide bonds. The number of nitrogens with two attached hydrogens (primary N) is 1. The maximum atomic E-state index is 12.7. The van der Waals surface area contributed by atoms with Gasteiger partial charge in [-0.25, -0.2) is 8.42 Å². The summed E-state index contributed by atoms with van der Waals surface area (Å²) >= 11 is 0. The smallest absolute Gasteiger partial charge is 0.241 e. The van der Waals surface area contributed by atoms with E-state index in [9.17, 15) is 13.2 Å². The molecule has 1 aliphatic carbocycles. The number of carbonyl (C=O) groups is 1. The maximum Gasteiger partial charge on any atom is 0.241 e. The first kappa shape index (κ1) is 18.6. The average Bonchev–Trinajstić information content (AvgIpc) is 2.67. The Kier molecular flexibility index (Phi) is 5.74. The van der Waals surface area contributed by atoms with Crippen molar-refractivity contribution in [2.24, 2.45) is 5.73 Å². The van der Waals surface area contributed by atoms with Crippen molar-refractivity contribution in [2.45, 2.75) is 49.0 Å². The van der Waals surface area contributed by atoms with Gasteiger partial charge in [0.2, 0.25) is 15.9 Å². The van der Waals surface area contributed by atoms with Crippen molar-refractivity contribution >= 4 is 15.9 Å². The van der Waals surface area contributed by atoms with E-state index in [0.29, 0.717) is 11.5 Å². The molecule has 2 aromatic rings. The lowest BCUT2D eigenvalue weighted by Crippen LogP contribution is -2.37. The molecule has 0 aromatic heterocycles. The molecule has 1 unspecified atom stereocenters. The number of hydrogen-bond acceptors (Lipinski definition) is 3. The quantitative estimate of drug-likeness (QED) is 0.816. The van der Waals surface area contributed by atoms with E-state index in [4.69, 9.17) is 5.73 Å². The Hall–Kier alpha value is -2.18. The summed E-state index contributed by atoms with van der Waals surface area (Å²) in [6.07, 6.45) is 6.04. The van der Waals surface area contributed by atoms with Crippen LogP contribution in [0.3, 0.4) is 0 Å². The zero-order valence-electron chi connectivity index (χ0n) is 14.6. The van der Waals surface area contributed by atoms with Crippen molar-refractivity contribution in [3.63, 3.8) is 0 Å². The van der Waals surface area contributed by atoms with Gasteiger partial charge in [0.1, 0.15) is 6.04 Å². The Balaban J connectivity index is 1.79. The van der Waals surface area contributed by atoms with Gasteiger partial charge >= 0.3 is 0 Å². The summed E-state index contributed by atoms with van der Waals surface area (Å²) in [7, 11) is -3.85. The Morgan fingerprint density at radius 2 is 1.58 bits per heavy atom. The third-order valence-electron chi connectivity index (χ3n) is 4.96. The lowest BCUT2D eigenvalue weighted by Gasteiger charge is -2.22. The van der Waals surface area contributed by atoms with Gasteiger partial charge in [0.25, 0.3) is 0 Å². The maximum absolute atomic E-state index is 12.7. The standard InChI is InChI=1S/C20H24N2O3S/c21-20(23)19(17-9-5-2-6-10-17)22-26(24,25)18-13-11-16(12-14-18)15-7-3-1-4-8-15/h2,5-6,9-15,19,22H,1,3-4,7-8H2,(H2,21,23). The Morgan fingerprint density at radius 1 is 0.962 bits per heavy atom. The zero-order valence-corrected chi connectivity index (χ0v) is 15.4. The molecule has 1 atom stereocenters. The normalized spacial score (nSPS) is 16.9. The highest BCUT2D eigenvalue weighted by molar-refractivity contribution is 7.89. The van der Waals surface area contributed by atoms with E-state index >= 15 is 0 Å². The number of primary amides is 1. The van der Waals surface area contributed by atoms with Crippen LogP contribution in [0.25, 0.3) is 0 Å². The van der Waals surface area contributed by atoms with E-state index in [1.54, 1.807) is 42.5 Å². The number of rotatable bonds is 6. The summed E-state index contributed by atoms with van der Waals surface area (Å²) in [4.78, 5) is 11.9. The molecule has 1 aliphatic rings. The van der Waals surface area contributed by atoms with Crippen LogP contribution in [0, 0.1) is 0 Å². The second kappa shape index (κ2) is 8.01. The summed E-state index contributed by atoms with van der Waals surface area (Å²) in [5, 5.41) is 0. The number of hydrogen-bond donors (Lipinski definition) is 2. The third-order valence-corrected chi connectivity index (χ3v) is 6.40. The topological polar surface area (TPSA) is 89.3 Å². The molecule has 3 rings (SSSR count). The van der Waals surface area contributed by atoms with Crippen molar-refractivity contribution in [1.29, 1.82) is 0 Å². The van der Waals surface area contributed by atoms with Gasteiger partial charge in [0.05, 0.1) is 4.90 Å². The van der Waals surface area contributed by atoms with Crippen LogP contribution in [-0.4, -0.2) is 14.3 Å². The number of nitrogens with one attached hydrogen (secondary N) is 1. The van der Waals surface area contributed by atoms with Gasteiger partial charge in [-0.2, -0.15) is 4.72 Å². The SMILES string of the molecule is NC(=O)C(NS(=O)(=O)c1ccc(C2CCCCC2)cc1)c1ccccc1. The van der Waals surface area contributed by atoms with Gasteiger partial charge < -0.3 is 5.73 Å². The van der Waals surface area contributed by atoms with Crippen molar-refractivity contribution in [2.75, 3.05) is 0 Å². The fourth-order valence-electron chi connectivity index (χ4n) is 3.51. The first-order valence-electron chi connectivity index (χ1n) is 8.94. The largest absolute Gasteiger partial charge is 0.368 e. The van der Waals surface area contributed by atoms with Crippen LogP contribution in [0.1, 0.15) is 55.2 Å². The van der Waals surface area contributed by atoms with Gasteiger partial charge in [-0.1, -0.05) is 61.7 Å². The zero-order chi connectivity index (χ0) is 18.6. The lowest BCUT2D eigenvalue weighted by atomic mass is 9.84. The minimum absolute atomic E-state index is 0.138. The molecule has 1 fully saturated rings. The highest BCUT2D eigenvalue weighted by atomic mass is 32.2. The van der Waals surface area contributed by atoms with Crippen LogP contribution in [-0.2, 0) is 14.8 Å². The minimum Gasteiger partial charge on any atom is -0.368 e.